The highest BCUT2D eigenvalue weighted by molar-refractivity contribution is 8.03. The minimum absolute atomic E-state index is 0.198. The molecule has 34 heavy (non-hydrogen) atoms. The van der Waals surface area contributed by atoms with Gasteiger partial charge in [0.15, 0.2) is 8.68 Å². The molecular formula is C24H24N6OS3. The Morgan fingerprint density at radius 2 is 1.74 bits per heavy atom. The lowest BCUT2D eigenvalue weighted by Gasteiger charge is -2.03. The molecule has 10 heteroatoms. The molecule has 0 aliphatic heterocycles. The van der Waals surface area contributed by atoms with Gasteiger partial charge in [0.2, 0.25) is 0 Å². The molecule has 0 aliphatic rings. The molecule has 1 amide bonds. The molecule has 0 unspecified atom stereocenters. The van der Waals surface area contributed by atoms with E-state index in [1.54, 1.807) is 18.0 Å². The minimum Gasteiger partial charge on any atom is -0.272 e. The standard InChI is InChI=1S/C24H24N6OS3/c1-16-9-11-19(12-10-16)14-32-23-27-28-24(34-23)33-15-22(31)26-25-13-21-17(2)29-30(18(21)3)20-7-5-4-6-8-20/h4-13H,14-15H2,1-3H3,(H,26,31)/b25-13+. The number of aryl methyl sites for hydroxylation is 2. The number of nitrogens with zero attached hydrogens (tertiary/aromatic N) is 5. The molecule has 0 aliphatic carbocycles. The van der Waals surface area contributed by atoms with Crippen molar-refractivity contribution in [1.82, 2.24) is 25.4 Å². The lowest BCUT2D eigenvalue weighted by atomic mass is 10.2. The zero-order chi connectivity index (χ0) is 23.9. The minimum atomic E-state index is -0.198. The summed E-state index contributed by atoms with van der Waals surface area (Å²) in [6, 6.07) is 18.4. The molecule has 4 aromatic rings. The number of hydrogen-bond donors (Lipinski definition) is 1. The third-order valence-corrected chi connectivity index (χ3v) is 8.19. The molecule has 0 spiro atoms. The van der Waals surface area contributed by atoms with Crippen LogP contribution in [0.1, 0.15) is 28.1 Å². The van der Waals surface area contributed by atoms with E-state index in [1.807, 2.05) is 48.9 Å². The fraction of sp³-hybridized carbons (Fsp3) is 0.208. The van der Waals surface area contributed by atoms with Gasteiger partial charge in [-0.15, -0.1) is 10.2 Å². The fourth-order valence-corrected chi connectivity index (χ4v) is 5.90. The van der Waals surface area contributed by atoms with Crippen molar-refractivity contribution in [2.75, 3.05) is 5.75 Å². The fourth-order valence-electron chi connectivity index (χ4n) is 3.13. The van der Waals surface area contributed by atoms with Crippen LogP contribution in [0.2, 0.25) is 0 Å². The quantitative estimate of drug-likeness (QED) is 0.190. The predicted octanol–water partition coefficient (Wildman–Crippen LogP) is 5.18. The second kappa shape index (κ2) is 11.5. The van der Waals surface area contributed by atoms with Crippen molar-refractivity contribution in [3.05, 3.63) is 82.7 Å². The van der Waals surface area contributed by atoms with Gasteiger partial charge < -0.3 is 0 Å². The van der Waals surface area contributed by atoms with Gasteiger partial charge in [-0.2, -0.15) is 10.2 Å². The highest BCUT2D eigenvalue weighted by Crippen LogP contribution is 2.30. The maximum Gasteiger partial charge on any atom is 0.250 e. The lowest BCUT2D eigenvalue weighted by Crippen LogP contribution is -2.19. The summed E-state index contributed by atoms with van der Waals surface area (Å²) in [5.41, 5.74) is 8.76. The Kier molecular flexibility index (Phi) is 8.15. The largest absolute Gasteiger partial charge is 0.272 e. The van der Waals surface area contributed by atoms with Crippen molar-refractivity contribution in [3.63, 3.8) is 0 Å². The van der Waals surface area contributed by atoms with Crippen molar-refractivity contribution in [3.8, 4) is 5.69 Å². The number of hydrazone groups is 1. The summed E-state index contributed by atoms with van der Waals surface area (Å²) in [6.07, 6.45) is 1.64. The van der Waals surface area contributed by atoms with Crippen LogP contribution in [-0.2, 0) is 10.5 Å². The van der Waals surface area contributed by atoms with Gasteiger partial charge in [0.05, 0.1) is 29.0 Å². The molecule has 0 atom stereocenters. The van der Waals surface area contributed by atoms with Crippen LogP contribution in [0.4, 0.5) is 0 Å². The maximum absolute atomic E-state index is 12.2. The molecule has 7 nitrogen and oxygen atoms in total. The highest BCUT2D eigenvalue weighted by Gasteiger charge is 2.12. The first-order valence-corrected chi connectivity index (χ1v) is 13.4. The van der Waals surface area contributed by atoms with Crippen molar-refractivity contribution < 1.29 is 4.79 Å². The molecule has 1 N–H and O–H groups in total. The van der Waals surface area contributed by atoms with E-state index in [0.29, 0.717) is 0 Å². The summed E-state index contributed by atoms with van der Waals surface area (Å²) in [5.74, 6) is 0.862. The number of carbonyl (C=O) groups is 1. The number of rotatable bonds is 9. The van der Waals surface area contributed by atoms with Gasteiger partial charge in [-0.05, 0) is 38.5 Å². The van der Waals surface area contributed by atoms with Crippen molar-refractivity contribution in [1.29, 1.82) is 0 Å². The maximum atomic E-state index is 12.2. The van der Waals surface area contributed by atoms with Gasteiger partial charge in [-0.1, -0.05) is 82.9 Å². The molecule has 0 bridgehead atoms. The van der Waals surface area contributed by atoms with E-state index >= 15 is 0 Å². The molecule has 2 heterocycles. The molecule has 4 rings (SSSR count). The van der Waals surface area contributed by atoms with Gasteiger partial charge in [-0.3, -0.25) is 4.79 Å². The Balaban J connectivity index is 1.26. The van der Waals surface area contributed by atoms with Crippen LogP contribution in [0.5, 0.6) is 0 Å². The highest BCUT2D eigenvalue weighted by atomic mass is 32.2. The number of amides is 1. The van der Waals surface area contributed by atoms with E-state index in [-0.39, 0.29) is 11.7 Å². The molecule has 0 radical (unpaired) electrons. The first-order valence-electron chi connectivity index (χ1n) is 10.6. The van der Waals surface area contributed by atoms with Crippen LogP contribution in [0.25, 0.3) is 5.69 Å². The number of hydrogen-bond acceptors (Lipinski definition) is 8. The molecule has 0 saturated carbocycles. The zero-order valence-electron chi connectivity index (χ0n) is 19.1. The van der Waals surface area contributed by atoms with Crippen LogP contribution >= 0.6 is 34.9 Å². The normalized spacial score (nSPS) is 11.3. The Morgan fingerprint density at radius 3 is 2.47 bits per heavy atom. The van der Waals surface area contributed by atoms with Gasteiger partial charge in [0.1, 0.15) is 0 Å². The zero-order valence-corrected chi connectivity index (χ0v) is 21.5. The molecule has 2 aromatic carbocycles. The molecule has 2 aromatic heterocycles. The van der Waals surface area contributed by atoms with Crippen LogP contribution < -0.4 is 5.43 Å². The van der Waals surface area contributed by atoms with Crippen molar-refractivity contribution >= 4 is 47.0 Å². The number of aromatic nitrogens is 4. The van der Waals surface area contributed by atoms with Crippen LogP contribution in [0.15, 0.2) is 68.4 Å². The average Bonchev–Trinajstić information content (AvgIpc) is 3.42. The number of benzene rings is 2. The average molecular weight is 509 g/mol. The summed E-state index contributed by atoms with van der Waals surface area (Å²) in [6.45, 7) is 5.99. The first-order chi connectivity index (χ1) is 16.5. The Hall–Kier alpha value is -2.95. The number of para-hydroxylation sites is 1. The van der Waals surface area contributed by atoms with Crippen LogP contribution in [-0.4, -0.2) is 37.9 Å². The molecule has 174 valence electrons. The van der Waals surface area contributed by atoms with Gasteiger partial charge in [-0.25, -0.2) is 10.1 Å². The second-order valence-electron chi connectivity index (χ2n) is 7.52. The Bertz CT molecular complexity index is 1280. The van der Waals surface area contributed by atoms with Crippen molar-refractivity contribution in [2.24, 2.45) is 5.10 Å². The van der Waals surface area contributed by atoms with Crippen LogP contribution in [0.3, 0.4) is 0 Å². The SMILES string of the molecule is Cc1ccc(CSc2nnc(SCC(=O)N/N=C/c3c(C)nn(-c4ccccc4)c3C)s2)cc1. The number of nitrogens with one attached hydrogen (secondary N) is 1. The third-order valence-electron chi connectivity index (χ3n) is 4.93. The third kappa shape index (κ3) is 6.34. The molecular weight excluding hydrogens is 485 g/mol. The predicted molar refractivity (Wildman–Crippen MR) is 140 cm³/mol. The summed E-state index contributed by atoms with van der Waals surface area (Å²) in [4.78, 5) is 12.2. The summed E-state index contributed by atoms with van der Waals surface area (Å²) in [7, 11) is 0. The van der Waals surface area contributed by atoms with Crippen LogP contribution in [0, 0.1) is 20.8 Å². The van der Waals surface area contributed by atoms with Crippen molar-refractivity contribution in [2.45, 2.75) is 35.2 Å². The smallest absolute Gasteiger partial charge is 0.250 e. The van der Waals surface area contributed by atoms with E-state index in [2.05, 4.69) is 57.0 Å². The summed E-state index contributed by atoms with van der Waals surface area (Å²) < 4.78 is 3.53. The Labute approximate surface area is 211 Å². The monoisotopic (exact) mass is 508 g/mol. The lowest BCUT2D eigenvalue weighted by molar-refractivity contribution is -0.118. The molecule has 0 fully saturated rings. The van der Waals surface area contributed by atoms with E-state index < -0.39 is 0 Å². The van der Waals surface area contributed by atoms with Gasteiger partial charge >= 0.3 is 0 Å². The topological polar surface area (TPSA) is 85.1 Å². The first kappa shape index (κ1) is 24.2. The Morgan fingerprint density at radius 1 is 1.03 bits per heavy atom. The second-order valence-corrected chi connectivity index (χ2v) is 10.9. The number of thioether (sulfide) groups is 2. The van der Waals surface area contributed by atoms with E-state index in [4.69, 9.17) is 0 Å². The van der Waals surface area contributed by atoms with E-state index in [1.165, 1.54) is 34.2 Å². The van der Waals surface area contributed by atoms with E-state index in [0.717, 1.165) is 37.1 Å². The summed E-state index contributed by atoms with van der Waals surface area (Å²) in [5, 5.41) is 17.1. The van der Waals surface area contributed by atoms with Gasteiger partial charge in [0, 0.05) is 11.3 Å². The number of carbonyl (C=O) groups excluding carboxylic acids is 1. The molecule has 0 saturated heterocycles. The summed E-state index contributed by atoms with van der Waals surface area (Å²) >= 11 is 4.50. The van der Waals surface area contributed by atoms with E-state index in [9.17, 15) is 4.79 Å². The van der Waals surface area contributed by atoms with Gasteiger partial charge in [0.25, 0.3) is 5.91 Å².